The molecule has 4 nitrogen and oxygen atoms in total. The maximum Gasteiger partial charge on any atom is 0.206 e. The van der Waals surface area contributed by atoms with Crippen LogP contribution in [0.4, 0.5) is 11.4 Å². The molecule has 0 fully saturated rings. The maximum atomic E-state index is 11.3. The highest BCUT2D eigenvalue weighted by molar-refractivity contribution is 8.93. The summed E-state index contributed by atoms with van der Waals surface area (Å²) in [6, 6.07) is 8.14. The number of halogens is 1. The van der Waals surface area contributed by atoms with Gasteiger partial charge in [0.15, 0.2) is 0 Å². The van der Waals surface area contributed by atoms with Gasteiger partial charge in [-0.25, -0.2) is 0 Å². The minimum atomic E-state index is 0. The van der Waals surface area contributed by atoms with E-state index < -0.39 is 0 Å². The van der Waals surface area contributed by atoms with Crippen molar-refractivity contribution in [2.45, 2.75) is 6.92 Å². The van der Waals surface area contributed by atoms with Crippen LogP contribution >= 0.6 is 17.0 Å². The number of aliphatic imine (C=N–C) groups is 1. The van der Waals surface area contributed by atoms with Crippen molar-refractivity contribution < 1.29 is 4.79 Å². The summed E-state index contributed by atoms with van der Waals surface area (Å²) in [5, 5.41) is 0. The molecule has 0 radical (unpaired) electrons. The van der Waals surface area contributed by atoms with Crippen LogP contribution in [0.2, 0.25) is 0 Å². The van der Waals surface area contributed by atoms with E-state index in [0.717, 1.165) is 24.7 Å². The monoisotopic (exact) mass is 295 g/mol. The number of carbonyl (C=O) groups excluding carboxylic acids is 1. The van der Waals surface area contributed by atoms with Crippen molar-refractivity contribution in [3.63, 3.8) is 0 Å². The first-order valence-electron chi connectivity index (χ1n) is 5.45. The number of guanidine groups is 1. The Bertz CT molecular complexity index is 486. The predicted octanol–water partition coefficient (Wildman–Crippen LogP) is 1.85. The quantitative estimate of drug-likeness (QED) is 0.835. The summed E-state index contributed by atoms with van der Waals surface area (Å²) in [6.45, 7) is 3.76. The molecule has 0 bridgehead atoms. The van der Waals surface area contributed by atoms with Crippen molar-refractivity contribution in [1.82, 2.24) is 0 Å². The Labute approximate surface area is 111 Å². The van der Waals surface area contributed by atoms with Crippen LogP contribution in [0.5, 0.6) is 0 Å². The van der Waals surface area contributed by atoms with Crippen LogP contribution in [0.3, 0.4) is 0 Å². The molecule has 90 valence electrons. The topological polar surface area (TPSA) is 35.9 Å². The summed E-state index contributed by atoms with van der Waals surface area (Å²) in [7, 11) is 0. The SMILES string of the molecule is Br.CC(=O)CN1C2=NCCN2c2ccccc21. The number of fused-ring (bicyclic) bond motifs is 3. The number of ketones is 1. The minimum Gasteiger partial charge on any atom is -0.308 e. The van der Waals surface area contributed by atoms with Crippen LogP contribution < -0.4 is 9.80 Å². The molecule has 0 atom stereocenters. The smallest absolute Gasteiger partial charge is 0.206 e. The third-order valence-electron chi connectivity index (χ3n) is 2.90. The number of hydrogen-bond donors (Lipinski definition) is 0. The van der Waals surface area contributed by atoms with Crippen molar-refractivity contribution in [3.05, 3.63) is 24.3 Å². The van der Waals surface area contributed by atoms with E-state index in [0.29, 0.717) is 6.54 Å². The van der Waals surface area contributed by atoms with Gasteiger partial charge in [0.25, 0.3) is 0 Å². The lowest BCUT2D eigenvalue weighted by Crippen LogP contribution is -2.38. The Hall–Kier alpha value is -1.36. The van der Waals surface area contributed by atoms with Gasteiger partial charge >= 0.3 is 0 Å². The average Bonchev–Trinajstić information content (AvgIpc) is 2.82. The van der Waals surface area contributed by atoms with Crippen LogP contribution in [0.25, 0.3) is 0 Å². The zero-order valence-corrected chi connectivity index (χ0v) is 11.3. The summed E-state index contributed by atoms with van der Waals surface area (Å²) >= 11 is 0. The van der Waals surface area contributed by atoms with Crippen molar-refractivity contribution in [3.8, 4) is 0 Å². The van der Waals surface area contributed by atoms with Gasteiger partial charge in [0.05, 0.1) is 24.5 Å². The lowest BCUT2D eigenvalue weighted by Gasteiger charge is -2.17. The highest BCUT2D eigenvalue weighted by Crippen LogP contribution is 2.38. The molecule has 0 saturated carbocycles. The summed E-state index contributed by atoms with van der Waals surface area (Å²) < 4.78 is 0. The zero-order chi connectivity index (χ0) is 11.1. The van der Waals surface area contributed by atoms with Crippen molar-refractivity contribution in [2.75, 3.05) is 29.4 Å². The Morgan fingerprint density at radius 3 is 2.76 bits per heavy atom. The van der Waals surface area contributed by atoms with E-state index in [2.05, 4.69) is 16.0 Å². The number of hydrogen-bond acceptors (Lipinski definition) is 4. The first-order valence-corrected chi connectivity index (χ1v) is 5.45. The van der Waals surface area contributed by atoms with Gasteiger partial charge in [0.1, 0.15) is 5.78 Å². The van der Waals surface area contributed by atoms with E-state index >= 15 is 0 Å². The molecule has 2 aliphatic heterocycles. The van der Waals surface area contributed by atoms with E-state index in [9.17, 15) is 4.79 Å². The van der Waals surface area contributed by atoms with Gasteiger partial charge in [0.2, 0.25) is 5.96 Å². The fraction of sp³-hybridized carbons (Fsp3) is 0.333. The third-order valence-corrected chi connectivity index (χ3v) is 2.90. The number of anilines is 2. The van der Waals surface area contributed by atoms with Crippen molar-refractivity contribution in [2.24, 2.45) is 4.99 Å². The van der Waals surface area contributed by atoms with Gasteiger partial charge in [-0.15, -0.1) is 17.0 Å². The Morgan fingerprint density at radius 1 is 1.35 bits per heavy atom. The molecule has 0 saturated heterocycles. The zero-order valence-electron chi connectivity index (χ0n) is 9.59. The molecule has 2 heterocycles. The van der Waals surface area contributed by atoms with Gasteiger partial charge < -0.3 is 9.80 Å². The lowest BCUT2D eigenvalue weighted by molar-refractivity contribution is -0.115. The average molecular weight is 296 g/mol. The van der Waals surface area contributed by atoms with Crippen LogP contribution in [-0.2, 0) is 4.79 Å². The molecule has 17 heavy (non-hydrogen) atoms. The summed E-state index contributed by atoms with van der Waals surface area (Å²) in [4.78, 5) is 19.9. The molecule has 1 aromatic carbocycles. The van der Waals surface area contributed by atoms with E-state index in [-0.39, 0.29) is 22.8 Å². The molecule has 0 amide bonds. The third kappa shape index (κ3) is 1.84. The van der Waals surface area contributed by atoms with E-state index in [1.54, 1.807) is 6.92 Å². The molecule has 0 N–H and O–H groups in total. The number of benzene rings is 1. The Morgan fingerprint density at radius 2 is 2.06 bits per heavy atom. The highest BCUT2D eigenvalue weighted by atomic mass is 79.9. The first kappa shape index (κ1) is 12.1. The summed E-state index contributed by atoms with van der Waals surface area (Å²) in [5.41, 5.74) is 2.26. The van der Waals surface area contributed by atoms with Gasteiger partial charge in [-0.3, -0.25) is 9.79 Å². The summed E-state index contributed by atoms with van der Waals surface area (Å²) in [5.74, 6) is 1.09. The first-order chi connectivity index (χ1) is 7.77. The summed E-state index contributed by atoms with van der Waals surface area (Å²) in [6.07, 6.45) is 0. The van der Waals surface area contributed by atoms with E-state index in [1.165, 1.54) is 5.69 Å². The fourth-order valence-electron chi connectivity index (χ4n) is 2.30. The maximum absolute atomic E-state index is 11.3. The molecule has 0 aromatic heterocycles. The van der Waals surface area contributed by atoms with Crippen LogP contribution in [0, 0.1) is 0 Å². The number of nitrogens with zero attached hydrogens (tertiary/aromatic N) is 3. The van der Waals surface area contributed by atoms with Gasteiger partial charge in [-0.05, 0) is 19.1 Å². The molecule has 0 aliphatic carbocycles. The fourth-order valence-corrected chi connectivity index (χ4v) is 2.30. The number of Topliss-reactive ketones (excluding diaryl/α,β-unsaturated/α-hetero) is 1. The minimum absolute atomic E-state index is 0. The molecule has 0 unspecified atom stereocenters. The molecule has 1 aromatic rings. The second-order valence-corrected chi connectivity index (χ2v) is 4.11. The number of carbonyl (C=O) groups is 1. The van der Waals surface area contributed by atoms with Gasteiger partial charge in [-0.2, -0.15) is 0 Å². The molecule has 3 rings (SSSR count). The molecular weight excluding hydrogens is 282 g/mol. The Kier molecular flexibility index (Phi) is 3.19. The predicted molar refractivity (Wildman–Crippen MR) is 74.4 cm³/mol. The van der Waals surface area contributed by atoms with Gasteiger partial charge in [0, 0.05) is 6.54 Å². The second kappa shape index (κ2) is 4.49. The molecular formula is C12H14BrN3O. The molecule has 0 spiro atoms. The number of para-hydroxylation sites is 2. The Balaban J connectivity index is 0.00000108. The largest absolute Gasteiger partial charge is 0.308 e. The second-order valence-electron chi connectivity index (χ2n) is 4.11. The number of rotatable bonds is 2. The molecule has 5 heteroatoms. The van der Waals surface area contributed by atoms with E-state index in [4.69, 9.17) is 0 Å². The van der Waals surface area contributed by atoms with Crippen molar-refractivity contribution in [1.29, 1.82) is 0 Å². The van der Waals surface area contributed by atoms with E-state index in [1.807, 2.05) is 23.1 Å². The van der Waals surface area contributed by atoms with Crippen LogP contribution in [0.15, 0.2) is 29.3 Å². The molecule has 2 aliphatic rings. The van der Waals surface area contributed by atoms with Gasteiger partial charge in [-0.1, -0.05) is 12.1 Å². The van der Waals surface area contributed by atoms with Crippen LogP contribution in [0.1, 0.15) is 6.92 Å². The lowest BCUT2D eigenvalue weighted by atomic mass is 10.2. The van der Waals surface area contributed by atoms with Crippen LogP contribution in [-0.4, -0.2) is 31.4 Å². The van der Waals surface area contributed by atoms with Crippen molar-refractivity contribution >= 4 is 40.1 Å². The highest BCUT2D eigenvalue weighted by Gasteiger charge is 2.35. The standard InChI is InChI=1S/C12H13N3O.BrH/c1-9(16)8-15-11-5-3-2-4-10(11)14-7-6-13-12(14)15;/h2-5H,6-8H2,1H3;1H. The normalized spacial score (nSPS) is 16.2.